The average Bonchev–Trinajstić information content (AvgIpc) is 3.20. The molecule has 0 aliphatic carbocycles. The number of amides is 1. The molecule has 0 aliphatic heterocycles. The van der Waals surface area contributed by atoms with Crippen molar-refractivity contribution in [2.75, 3.05) is 5.32 Å². The second kappa shape index (κ2) is 8.53. The van der Waals surface area contributed by atoms with Gasteiger partial charge in [0.05, 0.1) is 11.4 Å². The van der Waals surface area contributed by atoms with E-state index >= 15 is 0 Å². The molecule has 6 heteroatoms. The maximum absolute atomic E-state index is 14.0. The fourth-order valence-corrected chi connectivity index (χ4v) is 3.01. The van der Waals surface area contributed by atoms with Gasteiger partial charge in [0.15, 0.2) is 0 Å². The van der Waals surface area contributed by atoms with E-state index in [0.29, 0.717) is 5.69 Å². The minimum atomic E-state index is -0.468. The van der Waals surface area contributed by atoms with Crippen LogP contribution in [0.2, 0.25) is 0 Å². The third-order valence-corrected chi connectivity index (χ3v) is 4.49. The Morgan fingerprint density at radius 2 is 1.93 bits per heavy atom. The van der Waals surface area contributed by atoms with Crippen molar-refractivity contribution < 1.29 is 9.18 Å². The molecule has 0 spiro atoms. The minimum Gasteiger partial charge on any atom is -0.320 e. The lowest BCUT2D eigenvalue weighted by Crippen LogP contribution is -2.09. The Bertz CT molecular complexity index is 1200. The molecule has 0 bridgehead atoms. The minimum absolute atomic E-state index is 0.141. The number of halogens is 1. The van der Waals surface area contributed by atoms with Gasteiger partial charge in [-0.05, 0) is 55.0 Å². The summed E-state index contributed by atoms with van der Waals surface area (Å²) in [7, 11) is 0. The molecule has 4 aromatic rings. The highest BCUT2D eigenvalue weighted by atomic mass is 19.1. The molecule has 0 radical (unpaired) electrons. The zero-order valence-corrected chi connectivity index (χ0v) is 16.3. The molecular formula is C24H19FN4O. The van der Waals surface area contributed by atoms with E-state index in [-0.39, 0.29) is 5.69 Å². The SMILES string of the molecule is Cc1ccc(NC(=O)/C=C/c2cn(-c3ccccc3)nc2-c2cccnc2)c(F)c1. The van der Waals surface area contributed by atoms with Gasteiger partial charge >= 0.3 is 0 Å². The van der Waals surface area contributed by atoms with Crippen LogP contribution in [0.1, 0.15) is 11.1 Å². The van der Waals surface area contributed by atoms with Gasteiger partial charge in [0.1, 0.15) is 11.5 Å². The number of carbonyl (C=O) groups excluding carboxylic acids is 1. The highest BCUT2D eigenvalue weighted by Crippen LogP contribution is 2.24. The Hall–Kier alpha value is -4.06. The fraction of sp³-hybridized carbons (Fsp3) is 0.0417. The Labute approximate surface area is 173 Å². The number of carbonyl (C=O) groups is 1. The predicted molar refractivity (Wildman–Crippen MR) is 116 cm³/mol. The second-order valence-electron chi connectivity index (χ2n) is 6.76. The molecule has 0 atom stereocenters. The topological polar surface area (TPSA) is 59.8 Å². The smallest absolute Gasteiger partial charge is 0.248 e. The molecule has 2 heterocycles. The molecule has 0 unspecified atom stereocenters. The standard InChI is InChI=1S/C24H19FN4O/c1-17-9-11-22(21(25)14-17)27-23(30)12-10-19-16-29(20-7-3-2-4-8-20)28-24(19)18-6-5-13-26-15-18/h2-16H,1H3,(H,27,30)/b12-10+. The number of hydrogen-bond acceptors (Lipinski definition) is 3. The van der Waals surface area contributed by atoms with Gasteiger partial charge in [-0.3, -0.25) is 9.78 Å². The Balaban J connectivity index is 1.63. The largest absolute Gasteiger partial charge is 0.320 e. The fourth-order valence-electron chi connectivity index (χ4n) is 3.01. The molecule has 148 valence electrons. The van der Waals surface area contributed by atoms with Crippen molar-refractivity contribution >= 4 is 17.7 Å². The Morgan fingerprint density at radius 3 is 2.67 bits per heavy atom. The molecule has 30 heavy (non-hydrogen) atoms. The average molecular weight is 398 g/mol. The quantitative estimate of drug-likeness (QED) is 0.480. The second-order valence-corrected chi connectivity index (χ2v) is 6.76. The van der Waals surface area contributed by atoms with Crippen LogP contribution in [0.25, 0.3) is 23.0 Å². The lowest BCUT2D eigenvalue weighted by atomic mass is 10.1. The number of aryl methyl sites for hydroxylation is 1. The van der Waals surface area contributed by atoms with Crippen molar-refractivity contribution in [3.8, 4) is 16.9 Å². The van der Waals surface area contributed by atoms with Crippen LogP contribution in [0.5, 0.6) is 0 Å². The van der Waals surface area contributed by atoms with Crippen LogP contribution in [0, 0.1) is 12.7 Å². The van der Waals surface area contributed by atoms with Gasteiger partial charge in [0.25, 0.3) is 0 Å². The van der Waals surface area contributed by atoms with Crippen molar-refractivity contribution in [1.29, 1.82) is 0 Å². The monoisotopic (exact) mass is 398 g/mol. The molecule has 2 aromatic heterocycles. The molecule has 0 saturated carbocycles. The van der Waals surface area contributed by atoms with Gasteiger partial charge in [-0.15, -0.1) is 0 Å². The van der Waals surface area contributed by atoms with Crippen LogP contribution in [-0.4, -0.2) is 20.7 Å². The lowest BCUT2D eigenvalue weighted by Gasteiger charge is -2.04. The number of aromatic nitrogens is 3. The first-order valence-corrected chi connectivity index (χ1v) is 9.41. The number of rotatable bonds is 5. The number of benzene rings is 2. The van der Waals surface area contributed by atoms with E-state index in [9.17, 15) is 9.18 Å². The number of para-hydroxylation sites is 1. The van der Waals surface area contributed by atoms with Crippen molar-refractivity contribution in [2.45, 2.75) is 6.92 Å². The summed E-state index contributed by atoms with van der Waals surface area (Å²) >= 11 is 0. The molecule has 1 N–H and O–H groups in total. The van der Waals surface area contributed by atoms with Crippen LogP contribution in [0.4, 0.5) is 10.1 Å². The molecule has 5 nitrogen and oxygen atoms in total. The van der Waals surface area contributed by atoms with Gasteiger partial charge in [0, 0.05) is 35.8 Å². The van der Waals surface area contributed by atoms with Crippen molar-refractivity contribution in [3.63, 3.8) is 0 Å². The van der Waals surface area contributed by atoms with Gasteiger partial charge in [-0.25, -0.2) is 9.07 Å². The molecule has 4 rings (SSSR count). The van der Waals surface area contributed by atoms with E-state index < -0.39 is 11.7 Å². The predicted octanol–water partition coefficient (Wildman–Crippen LogP) is 5.03. The zero-order chi connectivity index (χ0) is 20.9. The number of anilines is 1. The first kappa shape index (κ1) is 19.3. The van der Waals surface area contributed by atoms with Crippen LogP contribution >= 0.6 is 0 Å². The van der Waals surface area contributed by atoms with Gasteiger partial charge in [-0.1, -0.05) is 24.3 Å². The summed E-state index contributed by atoms with van der Waals surface area (Å²) < 4.78 is 15.7. The summed E-state index contributed by atoms with van der Waals surface area (Å²) in [6.07, 6.45) is 8.28. The maximum Gasteiger partial charge on any atom is 0.248 e. The van der Waals surface area contributed by atoms with E-state index in [0.717, 1.165) is 22.4 Å². The molecular weight excluding hydrogens is 379 g/mol. The van der Waals surface area contributed by atoms with E-state index in [2.05, 4.69) is 15.4 Å². The van der Waals surface area contributed by atoms with Crippen molar-refractivity contribution in [2.24, 2.45) is 0 Å². The summed E-state index contributed by atoms with van der Waals surface area (Å²) in [5, 5.41) is 7.24. The summed E-state index contributed by atoms with van der Waals surface area (Å²) in [5.74, 6) is -0.896. The number of pyridine rings is 1. The highest BCUT2D eigenvalue weighted by Gasteiger charge is 2.11. The van der Waals surface area contributed by atoms with E-state index in [1.807, 2.05) is 48.7 Å². The molecule has 0 fully saturated rings. The maximum atomic E-state index is 14.0. The first-order valence-electron chi connectivity index (χ1n) is 9.41. The third kappa shape index (κ3) is 4.33. The van der Waals surface area contributed by atoms with Crippen LogP contribution in [0.3, 0.4) is 0 Å². The molecule has 1 amide bonds. The highest BCUT2D eigenvalue weighted by molar-refractivity contribution is 6.02. The van der Waals surface area contributed by atoms with E-state index in [4.69, 9.17) is 0 Å². The summed E-state index contributed by atoms with van der Waals surface area (Å²) in [6.45, 7) is 1.79. The van der Waals surface area contributed by atoms with Crippen LogP contribution in [0.15, 0.2) is 85.3 Å². The third-order valence-electron chi connectivity index (χ3n) is 4.49. The Kier molecular flexibility index (Phi) is 5.48. The molecule has 0 saturated heterocycles. The van der Waals surface area contributed by atoms with Crippen LogP contribution < -0.4 is 5.32 Å². The number of nitrogens with one attached hydrogen (secondary N) is 1. The molecule has 0 aliphatic rings. The van der Waals surface area contributed by atoms with E-state index in [1.54, 1.807) is 42.2 Å². The van der Waals surface area contributed by atoms with Crippen molar-refractivity contribution in [3.05, 3.63) is 102 Å². The Morgan fingerprint density at radius 1 is 1.10 bits per heavy atom. The van der Waals surface area contributed by atoms with Gasteiger partial charge < -0.3 is 5.32 Å². The lowest BCUT2D eigenvalue weighted by molar-refractivity contribution is -0.111. The summed E-state index contributed by atoms with van der Waals surface area (Å²) in [5.41, 5.74) is 4.09. The van der Waals surface area contributed by atoms with E-state index in [1.165, 1.54) is 12.1 Å². The first-order chi connectivity index (χ1) is 14.6. The summed E-state index contributed by atoms with van der Waals surface area (Å²) in [4.78, 5) is 16.5. The van der Waals surface area contributed by atoms with Gasteiger partial charge in [-0.2, -0.15) is 5.10 Å². The van der Waals surface area contributed by atoms with Crippen LogP contribution in [-0.2, 0) is 4.79 Å². The zero-order valence-electron chi connectivity index (χ0n) is 16.3. The van der Waals surface area contributed by atoms with Crippen molar-refractivity contribution in [1.82, 2.24) is 14.8 Å². The number of hydrogen-bond donors (Lipinski definition) is 1. The normalized spacial score (nSPS) is 11.0. The summed E-state index contributed by atoms with van der Waals surface area (Å²) in [6, 6.07) is 18.1. The molecule has 2 aromatic carbocycles. The van der Waals surface area contributed by atoms with Gasteiger partial charge in [0.2, 0.25) is 5.91 Å². The number of nitrogens with zero attached hydrogens (tertiary/aromatic N) is 3.